The number of H-pyrrole nitrogens is 1. The molecule has 1 atom stereocenters. The van der Waals surface area contributed by atoms with E-state index in [9.17, 15) is 13.2 Å². The number of aromatic nitrogens is 1. The van der Waals surface area contributed by atoms with Crippen LogP contribution in [0.2, 0.25) is 0 Å². The maximum atomic E-state index is 12.4. The first kappa shape index (κ1) is 15.8. The minimum atomic E-state index is -3.74. The van der Waals surface area contributed by atoms with Crippen LogP contribution in [-0.4, -0.2) is 30.5 Å². The van der Waals surface area contributed by atoms with E-state index in [0.29, 0.717) is 6.42 Å². The Morgan fingerprint density at radius 3 is 2.70 bits per heavy atom. The number of carbonyl (C=O) groups is 1. The van der Waals surface area contributed by atoms with Crippen LogP contribution in [0.25, 0.3) is 0 Å². The fraction of sp³-hybridized carbons (Fsp3) is 0.312. The van der Waals surface area contributed by atoms with Crippen LogP contribution in [0.4, 0.5) is 0 Å². The lowest BCUT2D eigenvalue weighted by Crippen LogP contribution is -2.35. The minimum Gasteiger partial charge on any atom is -0.477 e. The van der Waals surface area contributed by atoms with Crippen molar-refractivity contribution in [2.45, 2.75) is 36.6 Å². The molecule has 0 saturated heterocycles. The lowest BCUT2D eigenvalue weighted by atomic mass is 10.0. The van der Waals surface area contributed by atoms with Crippen molar-refractivity contribution in [3.8, 4) is 0 Å². The maximum Gasteiger partial charge on any atom is 0.352 e. The summed E-state index contributed by atoms with van der Waals surface area (Å²) < 4.78 is 27.6. The summed E-state index contributed by atoms with van der Waals surface area (Å²) in [6, 6.07) is 9.01. The predicted octanol–water partition coefficient (Wildman–Crippen LogP) is 1.94. The van der Waals surface area contributed by atoms with Gasteiger partial charge in [0.05, 0.1) is 0 Å². The molecule has 3 rings (SSSR count). The average molecular weight is 334 g/mol. The van der Waals surface area contributed by atoms with Gasteiger partial charge in [-0.05, 0) is 42.9 Å². The molecule has 122 valence electrons. The molecule has 0 saturated carbocycles. The molecule has 1 unspecified atom stereocenters. The normalized spacial score (nSPS) is 18.2. The molecule has 1 aliphatic rings. The van der Waals surface area contributed by atoms with Gasteiger partial charge in [0, 0.05) is 12.2 Å². The van der Waals surface area contributed by atoms with Gasteiger partial charge in [-0.3, -0.25) is 0 Å². The van der Waals surface area contributed by atoms with Crippen LogP contribution >= 0.6 is 0 Å². The molecular formula is C16H18N2O4S. The summed E-state index contributed by atoms with van der Waals surface area (Å²) >= 11 is 0. The van der Waals surface area contributed by atoms with Gasteiger partial charge in [0.15, 0.2) is 0 Å². The molecule has 23 heavy (non-hydrogen) atoms. The van der Waals surface area contributed by atoms with Crippen molar-refractivity contribution in [1.29, 1.82) is 0 Å². The van der Waals surface area contributed by atoms with Crippen molar-refractivity contribution in [3.05, 3.63) is 53.3 Å². The number of carboxylic acid groups (broad SMARTS) is 1. The number of carboxylic acids is 1. The molecule has 7 heteroatoms. The maximum absolute atomic E-state index is 12.4. The molecule has 0 amide bonds. The molecule has 0 aliphatic heterocycles. The van der Waals surface area contributed by atoms with Crippen molar-refractivity contribution in [2.75, 3.05) is 0 Å². The molecule has 3 N–H and O–H groups in total. The highest BCUT2D eigenvalue weighted by Crippen LogP contribution is 2.22. The number of sulfonamides is 1. The van der Waals surface area contributed by atoms with E-state index in [-0.39, 0.29) is 16.6 Å². The third kappa shape index (κ3) is 3.46. The van der Waals surface area contributed by atoms with Crippen LogP contribution in [0.15, 0.2) is 41.4 Å². The number of fused-ring (bicyclic) bond motifs is 1. The molecule has 0 bridgehead atoms. The second-order valence-corrected chi connectivity index (χ2v) is 7.45. The Morgan fingerprint density at radius 1 is 1.26 bits per heavy atom. The number of hydrogen-bond acceptors (Lipinski definition) is 3. The topological polar surface area (TPSA) is 99.3 Å². The third-order valence-corrected chi connectivity index (χ3v) is 5.60. The number of aromatic amines is 1. The summed E-state index contributed by atoms with van der Waals surface area (Å²) in [6.07, 6.45) is 4.46. The van der Waals surface area contributed by atoms with E-state index in [4.69, 9.17) is 5.11 Å². The second kappa shape index (κ2) is 6.17. The standard InChI is InChI=1S/C16H18N2O4S/c19-16(20)15-9-14(10-17-15)23(21,22)18-13-7-3-6-11-4-1-2-5-12(11)8-13/h1-2,4-5,9-10,13,17-18H,3,6-8H2,(H,19,20). The number of benzene rings is 1. The van der Waals surface area contributed by atoms with E-state index in [2.05, 4.69) is 15.8 Å². The molecule has 1 aromatic heterocycles. The van der Waals surface area contributed by atoms with Gasteiger partial charge in [-0.25, -0.2) is 17.9 Å². The molecular weight excluding hydrogens is 316 g/mol. The number of nitrogens with one attached hydrogen (secondary N) is 2. The van der Waals surface area contributed by atoms with Gasteiger partial charge in [0.1, 0.15) is 10.6 Å². The SMILES string of the molecule is O=C(O)c1cc(S(=O)(=O)NC2CCCc3ccccc3C2)c[nH]1. The fourth-order valence-corrected chi connectivity index (χ4v) is 4.21. The zero-order valence-corrected chi connectivity index (χ0v) is 13.3. The van der Waals surface area contributed by atoms with Crippen molar-refractivity contribution in [2.24, 2.45) is 0 Å². The van der Waals surface area contributed by atoms with E-state index in [1.54, 1.807) is 0 Å². The van der Waals surface area contributed by atoms with Gasteiger partial charge in [0.2, 0.25) is 10.0 Å². The average Bonchev–Trinajstić information content (AvgIpc) is 2.92. The largest absolute Gasteiger partial charge is 0.477 e. The Bertz CT molecular complexity index is 826. The van der Waals surface area contributed by atoms with Crippen LogP contribution in [0.1, 0.15) is 34.5 Å². The summed E-state index contributed by atoms with van der Waals surface area (Å²) in [4.78, 5) is 13.3. The molecule has 0 radical (unpaired) electrons. The van der Waals surface area contributed by atoms with Crippen molar-refractivity contribution in [3.63, 3.8) is 0 Å². The molecule has 6 nitrogen and oxygen atoms in total. The third-order valence-electron chi connectivity index (χ3n) is 4.10. The number of aryl methyl sites for hydroxylation is 1. The van der Waals surface area contributed by atoms with E-state index >= 15 is 0 Å². The smallest absolute Gasteiger partial charge is 0.352 e. The van der Waals surface area contributed by atoms with E-state index < -0.39 is 16.0 Å². The zero-order chi connectivity index (χ0) is 16.4. The quantitative estimate of drug-likeness (QED) is 0.744. The molecule has 2 aromatic rings. The predicted molar refractivity (Wildman–Crippen MR) is 84.9 cm³/mol. The second-order valence-electron chi connectivity index (χ2n) is 5.74. The first-order valence-corrected chi connectivity index (χ1v) is 8.95. The van der Waals surface area contributed by atoms with E-state index in [1.807, 2.05) is 18.2 Å². The van der Waals surface area contributed by atoms with E-state index in [0.717, 1.165) is 30.9 Å². The zero-order valence-electron chi connectivity index (χ0n) is 12.5. The van der Waals surface area contributed by atoms with E-state index in [1.165, 1.54) is 11.8 Å². The van der Waals surface area contributed by atoms with Gasteiger partial charge >= 0.3 is 5.97 Å². The van der Waals surface area contributed by atoms with Crippen molar-refractivity contribution in [1.82, 2.24) is 9.71 Å². The lowest BCUT2D eigenvalue weighted by Gasteiger charge is -2.16. The van der Waals surface area contributed by atoms with Crippen molar-refractivity contribution >= 4 is 16.0 Å². The summed E-state index contributed by atoms with van der Waals surface area (Å²) in [5.41, 5.74) is 2.29. The van der Waals surface area contributed by atoms with Crippen LogP contribution in [0, 0.1) is 0 Å². The van der Waals surface area contributed by atoms with Crippen LogP contribution < -0.4 is 4.72 Å². The Morgan fingerprint density at radius 2 is 2.00 bits per heavy atom. The fourth-order valence-electron chi connectivity index (χ4n) is 2.95. The Balaban J connectivity index is 1.79. The highest BCUT2D eigenvalue weighted by atomic mass is 32.2. The van der Waals surface area contributed by atoms with Crippen molar-refractivity contribution < 1.29 is 18.3 Å². The van der Waals surface area contributed by atoms with Gasteiger partial charge in [0.25, 0.3) is 0 Å². The van der Waals surface area contributed by atoms with Gasteiger partial charge < -0.3 is 10.1 Å². The molecule has 1 aliphatic carbocycles. The highest BCUT2D eigenvalue weighted by Gasteiger charge is 2.24. The monoisotopic (exact) mass is 334 g/mol. The Hall–Kier alpha value is -2.12. The number of rotatable bonds is 4. The molecule has 0 fully saturated rings. The molecule has 1 heterocycles. The summed E-state index contributed by atoms with van der Waals surface area (Å²) in [5.74, 6) is -1.19. The van der Waals surface area contributed by atoms with Crippen LogP contribution in [0.3, 0.4) is 0 Å². The highest BCUT2D eigenvalue weighted by molar-refractivity contribution is 7.89. The molecule has 0 spiro atoms. The first-order chi connectivity index (χ1) is 11.0. The Kier molecular flexibility index (Phi) is 4.23. The lowest BCUT2D eigenvalue weighted by molar-refractivity contribution is 0.0691. The first-order valence-electron chi connectivity index (χ1n) is 7.46. The van der Waals surface area contributed by atoms with Gasteiger partial charge in [-0.15, -0.1) is 0 Å². The van der Waals surface area contributed by atoms with Crippen LogP contribution in [-0.2, 0) is 22.9 Å². The minimum absolute atomic E-state index is 0.0487. The summed E-state index contributed by atoms with van der Waals surface area (Å²) in [7, 11) is -3.74. The number of aromatic carboxylic acids is 1. The molecule has 1 aromatic carbocycles. The summed E-state index contributed by atoms with van der Waals surface area (Å²) in [5, 5.41) is 8.89. The summed E-state index contributed by atoms with van der Waals surface area (Å²) in [6.45, 7) is 0. The van der Waals surface area contributed by atoms with Gasteiger partial charge in [-0.1, -0.05) is 24.3 Å². The van der Waals surface area contributed by atoms with Gasteiger partial charge in [-0.2, -0.15) is 0 Å². The Labute approximate surface area is 134 Å². The number of hydrogen-bond donors (Lipinski definition) is 3. The van der Waals surface area contributed by atoms with Crippen LogP contribution in [0.5, 0.6) is 0 Å².